The van der Waals surface area contributed by atoms with Crippen molar-refractivity contribution in [3.05, 3.63) is 23.3 Å². The Kier molecular flexibility index (Phi) is 5.91. The molecule has 0 N–H and O–H groups in total. The zero-order chi connectivity index (χ0) is 8.69. The van der Waals surface area contributed by atoms with Gasteiger partial charge in [0, 0.05) is 0 Å². The zero-order valence-electron chi connectivity index (χ0n) is 8.28. The molecule has 0 aliphatic carbocycles. The average molecular weight is 152 g/mol. The van der Waals surface area contributed by atoms with Crippen LogP contribution in [-0.4, -0.2) is 0 Å². The first-order valence-electron chi connectivity index (χ1n) is 4.52. The second-order valence-corrected chi connectivity index (χ2v) is 3.04. The van der Waals surface area contributed by atoms with E-state index >= 15 is 0 Å². The van der Waals surface area contributed by atoms with Crippen LogP contribution in [0.4, 0.5) is 0 Å². The molecule has 0 bridgehead atoms. The van der Waals surface area contributed by atoms with Crippen molar-refractivity contribution in [2.45, 2.75) is 47.0 Å². The van der Waals surface area contributed by atoms with Crippen molar-refractivity contribution in [3.63, 3.8) is 0 Å². The molecule has 0 atom stereocenters. The van der Waals surface area contributed by atoms with Gasteiger partial charge in [-0.1, -0.05) is 37.1 Å². The molecule has 0 fully saturated rings. The molecule has 0 saturated heterocycles. The first-order valence-corrected chi connectivity index (χ1v) is 4.52. The van der Waals surface area contributed by atoms with E-state index in [0.29, 0.717) is 0 Å². The standard InChI is InChI=1S/C11H20/c1-5-10(3)8-7-9-11(4)6-2/h8-9H,5-7H2,1-4H3. The highest BCUT2D eigenvalue weighted by Crippen LogP contribution is 2.04. The molecule has 0 radical (unpaired) electrons. The smallest absolute Gasteiger partial charge is 0.0164 e. The predicted molar refractivity (Wildman–Crippen MR) is 52.7 cm³/mol. The summed E-state index contributed by atoms with van der Waals surface area (Å²) in [5.74, 6) is 0. The van der Waals surface area contributed by atoms with Gasteiger partial charge in [-0.05, 0) is 33.1 Å². The first-order chi connectivity index (χ1) is 5.20. The minimum atomic E-state index is 1.11. The molecule has 0 aromatic rings. The third kappa shape index (κ3) is 5.90. The van der Waals surface area contributed by atoms with Gasteiger partial charge in [-0.3, -0.25) is 0 Å². The fourth-order valence-corrected chi connectivity index (χ4v) is 0.750. The topological polar surface area (TPSA) is 0 Å². The van der Waals surface area contributed by atoms with Gasteiger partial charge in [0.1, 0.15) is 0 Å². The molecule has 0 heteroatoms. The monoisotopic (exact) mass is 152 g/mol. The Hall–Kier alpha value is -0.520. The van der Waals surface area contributed by atoms with E-state index in [0.717, 1.165) is 6.42 Å². The number of hydrogen-bond acceptors (Lipinski definition) is 0. The molecule has 11 heavy (non-hydrogen) atoms. The fourth-order valence-electron chi connectivity index (χ4n) is 0.750. The molecule has 0 spiro atoms. The minimum absolute atomic E-state index is 1.11. The van der Waals surface area contributed by atoms with Gasteiger partial charge < -0.3 is 0 Å². The summed E-state index contributed by atoms with van der Waals surface area (Å²) in [6.45, 7) is 8.77. The van der Waals surface area contributed by atoms with E-state index in [2.05, 4.69) is 39.8 Å². The maximum Gasteiger partial charge on any atom is -0.0164 e. The molecular weight excluding hydrogens is 132 g/mol. The molecule has 0 aromatic heterocycles. The van der Waals surface area contributed by atoms with E-state index in [9.17, 15) is 0 Å². The van der Waals surface area contributed by atoms with Gasteiger partial charge in [-0.15, -0.1) is 0 Å². The Morgan fingerprint density at radius 3 is 1.55 bits per heavy atom. The van der Waals surface area contributed by atoms with E-state index in [1.165, 1.54) is 24.0 Å². The van der Waals surface area contributed by atoms with Crippen molar-refractivity contribution in [1.29, 1.82) is 0 Å². The van der Waals surface area contributed by atoms with Gasteiger partial charge in [0.05, 0.1) is 0 Å². The summed E-state index contributed by atoms with van der Waals surface area (Å²) in [5, 5.41) is 0. The summed E-state index contributed by atoms with van der Waals surface area (Å²) >= 11 is 0. The summed E-state index contributed by atoms with van der Waals surface area (Å²) < 4.78 is 0. The van der Waals surface area contributed by atoms with Crippen LogP contribution in [0.3, 0.4) is 0 Å². The molecule has 0 amide bonds. The van der Waals surface area contributed by atoms with Crippen LogP contribution in [0, 0.1) is 0 Å². The van der Waals surface area contributed by atoms with E-state index in [4.69, 9.17) is 0 Å². The second-order valence-electron chi connectivity index (χ2n) is 3.04. The summed E-state index contributed by atoms with van der Waals surface area (Å²) in [5.41, 5.74) is 2.98. The maximum atomic E-state index is 2.30. The van der Waals surface area contributed by atoms with Gasteiger partial charge in [0.15, 0.2) is 0 Å². The molecule has 0 aliphatic rings. The van der Waals surface area contributed by atoms with Crippen molar-refractivity contribution < 1.29 is 0 Å². The molecule has 0 aliphatic heterocycles. The Morgan fingerprint density at radius 1 is 0.909 bits per heavy atom. The van der Waals surface area contributed by atoms with E-state index < -0.39 is 0 Å². The van der Waals surface area contributed by atoms with Gasteiger partial charge in [-0.25, -0.2) is 0 Å². The van der Waals surface area contributed by atoms with Crippen molar-refractivity contribution in [2.24, 2.45) is 0 Å². The Balaban J connectivity index is 3.71. The van der Waals surface area contributed by atoms with E-state index in [1.54, 1.807) is 0 Å². The normalized spacial score (nSPS) is 13.8. The van der Waals surface area contributed by atoms with Crippen molar-refractivity contribution in [3.8, 4) is 0 Å². The first kappa shape index (κ1) is 10.5. The van der Waals surface area contributed by atoms with E-state index in [-0.39, 0.29) is 0 Å². The summed E-state index contributed by atoms with van der Waals surface area (Å²) in [7, 11) is 0. The lowest BCUT2D eigenvalue weighted by Crippen LogP contribution is -1.73. The fraction of sp³-hybridized carbons (Fsp3) is 0.636. The minimum Gasteiger partial charge on any atom is -0.0818 e. The summed E-state index contributed by atoms with van der Waals surface area (Å²) in [6.07, 6.45) is 8.08. The van der Waals surface area contributed by atoms with Crippen LogP contribution in [0.25, 0.3) is 0 Å². The molecule has 0 heterocycles. The lowest BCUT2D eigenvalue weighted by molar-refractivity contribution is 1.05. The summed E-state index contributed by atoms with van der Waals surface area (Å²) in [6, 6.07) is 0. The van der Waals surface area contributed by atoms with Gasteiger partial charge in [-0.2, -0.15) is 0 Å². The Bertz CT molecular complexity index is 131. The van der Waals surface area contributed by atoms with Gasteiger partial charge in [0.2, 0.25) is 0 Å². The number of hydrogen-bond donors (Lipinski definition) is 0. The van der Waals surface area contributed by atoms with Crippen LogP contribution in [0.1, 0.15) is 47.0 Å². The molecule has 0 rings (SSSR count). The lowest BCUT2D eigenvalue weighted by atomic mass is 10.1. The second kappa shape index (κ2) is 6.21. The lowest BCUT2D eigenvalue weighted by Gasteiger charge is -1.94. The largest absolute Gasteiger partial charge is 0.0818 e. The van der Waals surface area contributed by atoms with Crippen LogP contribution in [0.15, 0.2) is 23.3 Å². The molecule has 0 aromatic carbocycles. The van der Waals surface area contributed by atoms with Crippen LogP contribution in [0.5, 0.6) is 0 Å². The highest BCUT2D eigenvalue weighted by molar-refractivity contribution is 5.05. The third-order valence-corrected chi connectivity index (χ3v) is 2.05. The maximum absolute atomic E-state index is 2.30. The highest BCUT2D eigenvalue weighted by atomic mass is 13.9. The summed E-state index contributed by atoms with van der Waals surface area (Å²) in [4.78, 5) is 0. The van der Waals surface area contributed by atoms with Gasteiger partial charge in [0.25, 0.3) is 0 Å². The van der Waals surface area contributed by atoms with E-state index in [1.807, 2.05) is 0 Å². The van der Waals surface area contributed by atoms with Crippen molar-refractivity contribution in [2.75, 3.05) is 0 Å². The SMILES string of the molecule is CCC(C)=CCC=C(C)CC. The number of allylic oxidation sites excluding steroid dienone is 4. The average Bonchev–Trinajstić information content (AvgIpc) is 2.04. The number of rotatable bonds is 4. The van der Waals surface area contributed by atoms with Gasteiger partial charge >= 0.3 is 0 Å². The molecule has 64 valence electrons. The molecule has 0 saturated carbocycles. The third-order valence-electron chi connectivity index (χ3n) is 2.05. The highest BCUT2D eigenvalue weighted by Gasteiger charge is 1.83. The molecule has 0 nitrogen and oxygen atoms in total. The van der Waals surface area contributed by atoms with Crippen LogP contribution < -0.4 is 0 Å². The Labute approximate surface area is 71.0 Å². The van der Waals surface area contributed by atoms with Crippen LogP contribution >= 0.6 is 0 Å². The van der Waals surface area contributed by atoms with Crippen molar-refractivity contribution in [1.82, 2.24) is 0 Å². The van der Waals surface area contributed by atoms with Crippen LogP contribution in [0.2, 0.25) is 0 Å². The Morgan fingerprint density at radius 2 is 1.27 bits per heavy atom. The van der Waals surface area contributed by atoms with Crippen molar-refractivity contribution >= 4 is 0 Å². The molecule has 0 unspecified atom stereocenters. The quantitative estimate of drug-likeness (QED) is 0.532. The zero-order valence-corrected chi connectivity index (χ0v) is 8.28. The van der Waals surface area contributed by atoms with Crippen LogP contribution in [-0.2, 0) is 0 Å². The molecular formula is C11H20. The predicted octanol–water partition coefficient (Wildman–Crippen LogP) is 4.09.